The van der Waals surface area contributed by atoms with Crippen LogP contribution in [0.15, 0.2) is 5.38 Å². The minimum absolute atomic E-state index is 0.0457. The second-order valence-corrected chi connectivity index (χ2v) is 6.73. The van der Waals surface area contributed by atoms with Crippen LogP contribution in [0.1, 0.15) is 50.5 Å². The van der Waals surface area contributed by atoms with Gasteiger partial charge in [-0.25, -0.2) is 4.98 Å². The van der Waals surface area contributed by atoms with E-state index >= 15 is 0 Å². The SMILES string of the molecule is CCN(C(C)=O)c1nc(C=C(C#N)c2nnc3n2CCCCC3)cs1. The highest BCUT2D eigenvalue weighted by Crippen LogP contribution is 2.25. The Morgan fingerprint density at radius 1 is 1.44 bits per heavy atom. The second kappa shape index (κ2) is 7.57. The van der Waals surface area contributed by atoms with E-state index in [1.807, 2.05) is 16.9 Å². The number of carbonyl (C=O) groups excluding carboxylic acids is 1. The first-order valence-corrected chi connectivity index (χ1v) is 9.30. The minimum Gasteiger partial charge on any atom is -0.310 e. The average molecular weight is 356 g/mol. The van der Waals surface area contributed by atoms with Gasteiger partial charge in [0.25, 0.3) is 0 Å². The molecule has 0 unspecified atom stereocenters. The van der Waals surface area contributed by atoms with Crippen molar-refractivity contribution in [2.24, 2.45) is 0 Å². The van der Waals surface area contributed by atoms with Crippen molar-refractivity contribution in [3.8, 4) is 6.07 Å². The topological polar surface area (TPSA) is 87.7 Å². The number of allylic oxidation sites excluding steroid dienone is 1. The molecule has 0 N–H and O–H groups in total. The van der Waals surface area contributed by atoms with Gasteiger partial charge in [0.15, 0.2) is 11.0 Å². The van der Waals surface area contributed by atoms with Crippen LogP contribution in [0, 0.1) is 11.3 Å². The summed E-state index contributed by atoms with van der Waals surface area (Å²) in [6, 6.07) is 2.22. The Labute approximate surface area is 150 Å². The fourth-order valence-corrected chi connectivity index (χ4v) is 3.83. The van der Waals surface area contributed by atoms with Crippen molar-refractivity contribution in [1.82, 2.24) is 19.7 Å². The van der Waals surface area contributed by atoms with E-state index in [9.17, 15) is 10.1 Å². The van der Waals surface area contributed by atoms with Crippen molar-refractivity contribution in [2.75, 3.05) is 11.4 Å². The van der Waals surface area contributed by atoms with Gasteiger partial charge in [-0.3, -0.25) is 9.69 Å². The Balaban J connectivity index is 1.92. The van der Waals surface area contributed by atoms with Crippen molar-refractivity contribution < 1.29 is 4.79 Å². The van der Waals surface area contributed by atoms with Crippen LogP contribution < -0.4 is 4.90 Å². The number of hydrogen-bond donors (Lipinski definition) is 0. The van der Waals surface area contributed by atoms with E-state index in [2.05, 4.69) is 21.3 Å². The Bertz CT molecular complexity index is 844. The molecule has 1 aliphatic heterocycles. The highest BCUT2D eigenvalue weighted by Gasteiger charge is 2.18. The molecule has 0 bridgehead atoms. The summed E-state index contributed by atoms with van der Waals surface area (Å²) in [5.41, 5.74) is 1.10. The first-order valence-electron chi connectivity index (χ1n) is 8.42. The maximum absolute atomic E-state index is 11.6. The molecule has 25 heavy (non-hydrogen) atoms. The van der Waals surface area contributed by atoms with Gasteiger partial charge < -0.3 is 4.57 Å². The van der Waals surface area contributed by atoms with E-state index in [0.29, 0.717) is 28.8 Å². The Kier molecular flexibility index (Phi) is 5.24. The van der Waals surface area contributed by atoms with Gasteiger partial charge in [0.05, 0.1) is 11.3 Å². The van der Waals surface area contributed by atoms with Crippen molar-refractivity contribution in [3.05, 3.63) is 22.7 Å². The van der Waals surface area contributed by atoms with Gasteiger partial charge >= 0.3 is 0 Å². The molecule has 0 aromatic carbocycles. The van der Waals surface area contributed by atoms with Crippen molar-refractivity contribution in [1.29, 1.82) is 5.26 Å². The lowest BCUT2D eigenvalue weighted by atomic mass is 10.2. The monoisotopic (exact) mass is 356 g/mol. The minimum atomic E-state index is -0.0457. The van der Waals surface area contributed by atoms with Gasteiger partial charge in [-0.05, 0) is 25.8 Å². The van der Waals surface area contributed by atoms with E-state index < -0.39 is 0 Å². The number of nitrogens with zero attached hydrogens (tertiary/aromatic N) is 6. The number of anilines is 1. The molecule has 7 nitrogen and oxygen atoms in total. The van der Waals surface area contributed by atoms with E-state index in [1.165, 1.54) is 24.7 Å². The molecule has 0 radical (unpaired) electrons. The van der Waals surface area contributed by atoms with Crippen molar-refractivity contribution in [2.45, 2.75) is 46.1 Å². The number of carbonyl (C=O) groups is 1. The van der Waals surface area contributed by atoms with Gasteiger partial charge in [-0.1, -0.05) is 6.42 Å². The van der Waals surface area contributed by atoms with Crippen LogP contribution in [0.2, 0.25) is 0 Å². The maximum Gasteiger partial charge on any atom is 0.225 e. The number of thiazole rings is 1. The largest absolute Gasteiger partial charge is 0.310 e. The van der Waals surface area contributed by atoms with Gasteiger partial charge in [-0.15, -0.1) is 21.5 Å². The van der Waals surface area contributed by atoms with E-state index in [0.717, 1.165) is 31.6 Å². The maximum atomic E-state index is 11.6. The Morgan fingerprint density at radius 3 is 3.00 bits per heavy atom. The molecule has 2 aromatic heterocycles. The number of hydrogen-bond acceptors (Lipinski definition) is 6. The Morgan fingerprint density at radius 2 is 2.28 bits per heavy atom. The van der Waals surface area contributed by atoms with Crippen LogP contribution in [0.5, 0.6) is 0 Å². The third-order valence-electron chi connectivity index (χ3n) is 4.20. The van der Waals surface area contributed by atoms with Crippen LogP contribution in [0.4, 0.5) is 5.13 Å². The molecule has 8 heteroatoms. The fourth-order valence-electron chi connectivity index (χ4n) is 2.94. The highest BCUT2D eigenvalue weighted by atomic mass is 32.1. The quantitative estimate of drug-likeness (QED) is 0.786. The Hall–Kier alpha value is -2.53. The molecule has 0 fully saturated rings. The number of aryl methyl sites for hydroxylation is 1. The second-order valence-electron chi connectivity index (χ2n) is 5.89. The van der Waals surface area contributed by atoms with Crippen molar-refractivity contribution >= 4 is 34.0 Å². The predicted molar refractivity (Wildman–Crippen MR) is 96.9 cm³/mol. The number of nitriles is 1. The molecule has 0 aliphatic carbocycles. The smallest absolute Gasteiger partial charge is 0.225 e. The van der Waals surface area contributed by atoms with Crippen LogP contribution in [0.3, 0.4) is 0 Å². The third-order valence-corrected chi connectivity index (χ3v) is 5.08. The molecule has 1 amide bonds. The molecular weight excluding hydrogens is 336 g/mol. The molecule has 2 aromatic rings. The summed E-state index contributed by atoms with van der Waals surface area (Å²) in [6.45, 7) is 4.83. The molecule has 0 atom stereocenters. The predicted octanol–water partition coefficient (Wildman–Crippen LogP) is 2.90. The summed E-state index contributed by atoms with van der Waals surface area (Å²) < 4.78 is 2.04. The lowest BCUT2D eigenvalue weighted by Crippen LogP contribution is -2.27. The van der Waals surface area contributed by atoms with Crippen LogP contribution in [0.25, 0.3) is 11.6 Å². The van der Waals surface area contributed by atoms with E-state index in [4.69, 9.17) is 0 Å². The number of fused-ring (bicyclic) bond motifs is 1. The van der Waals surface area contributed by atoms with Crippen LogP contribution in [-0.2, 0) is 17.8 Å². The number of rotatable bonds is 4. The summed E-state index contributed by atoms with van der Waals surface area (Å²) in [7, 11) is 0. The number of aromatic nitrogens is 4. The van der Waals surface area contributed by atoms with Crippen LogP contribution in [-0.4, -0.2) is 32.2 Å². The fraction of sp³-hybridized carbons (Fsp3) is 0.471. The van der Waals surface area contributed by atoms with E-state index in [-0.39, 0.29) is 5.91 Å². The van der Waals surface area contributed by atoms with Crippen LogP contribution >= 0.6 is 11.3 Å². The zero-order valence-corrected chi connectivity index (χ0v) is 15.2. The lowest BCUT2D eigenvalue weighted by Gasteiger charge is -2.14. The molecule has 1 aliphatic rings. The van der Waals surface area contributed by atoms with Crippen molar-refractivity contribution in [3.63, 3.8) is 0 Å². The van der Waals surface area contributed by atoms with Gasteiger partial charge in [-0.2, -0.15) is 5.26 Å². The molecule has 3 heterocycles. The molecule has 0 saturated heterocycles. The molecular formula is C17H20N6OS. The van der Waals surface area contributed by atoms with Gasteiger partial charge in [0.1, 0.15) is 11.9 Å². The third kappa shape index (κ3) is 3.61. The van der Waals surface area contributed by atoms with E-state index in [1.54, 1.807) is 11.0 Å². The first-order chi connectivity index (χ1) is 12.1. The summed E-state index contributed by atoms with van der Waals surface area (Å²) in [5, 5.41) is 20.5. The average Bonchev–Trinajstić information content (AvgIpc) is 3.14. The summed E-state index contributed by atoms with van der Waals surface area (Å²) in [6.07, 6.45) is 5.97. The molecule has 130 valence electrons. The zero-order chi connectivity index (χ0) is 17.8. The molecule has 3 rings (SSSR count). The molecule has 0 saturated carbocycles. The summed E-state index contributed by atoms with van der Waals surface area (Å²) in [4.78, 5) is 17.7. The first kappa shape index (κ1) is 17.3. The standard InChI is InChI=1S/C17H20N6OS/c1-3-22(12(2)24)17-19-14(11-25-17)9-13(10-18)16-21-20-15-7-5-4-6-8-23(15)16/h9,11H,3-8H2,1-2H3. The summed E-state index contributed by atoms with van der Waals surface area (Å²) in [5.74, 6) is 1.50. The molecule has 0 spiro atoms. The number of amides is 1. The zero-order valence-electron chi connectivity index (χ0n) is 14.4. The lowest BCUT2D eigenvalue weighted by molar-refractivity contribution is -0.116. The van der Waals surface area contributed by atoms with Gasteiger partial charge in [0, 0.05) is 31.8 Å². The summed E-state index contributed by atoms with van der Waals surface area (Å²) >= 11 is 1.39. The normalized spacial score (nSPS) is 14.5. The highest BCUT2D eigenvalue weighted by molar-refractivity contribution is 7.14. The van der Waals surface area contributed by atoms with Gasteiger partial charge in [0.2, 0.25) is 5.91 Å².